The first-order valence-electron chi connectivity index (χ1n) is 9.28. The third kappa shape index (κ3) is 4.23. The molecule has 1 fully saturated rings. The first-order chi connectivity index (χ1) is 12.3. The van der Waals surface area contributed by atoms with Crippen molar-refractivity contribution in [3.63, 3.8) is 0 Å². The van der Waals surface area contributed by atoms with Crippen molar-refractivity contribution < 1.29 is 9.53 Å². The number of fused-ring (bicyclic) bond motifs is 1. The maximum absolute atomic E-state index is 12.1. The summed E-state index contributed by atoms with van der Waals surface area (Å²) in [5.74, 6) is 1.39. The molecule has 1 N–H and O–H groups in total. The van der Waals surface area contributed by atoms with Crippen LogP contribution in [0, 0.1) is 5.92 Å². The van der Waals surface area contributed by atoms with E-state index in [-0.39, 0.29) is 12.1 Å². The summed E-state index contributed by atoms with van der Waals surface area (Å²) in [7, 11) is 0. The second-order valence-electron chi connectivity index (χ2n) is 7.98. The van der Waals surface area contributed by atoms with E-state index in [2.05, 4.69) is 33.2 Å². The van der Waals surface area contributed by atoms with Crippen LogP contribution in [0.2, 0.25) is 0 Å². The second kappa shape index (κ2) is 7.48. The van der Waals surface area contributed by atoms with E-state index in [0.29, 0.717) is 12.5 Å². The Morgan fingerprint density at radius 3 is 2.85 bits per heavy atom. The molecule has 2 unspecified atom stereocenters. The number of aromatic nitrogens is 2. The third-order valence-corrected chi connectivity index (χ3v) is 4.76. The topological polar surface area (TPSA) is 67.4 Å². The number of anilines is 1. The smallest absolute Gasteiger partial charge is 0.407 e. The summed E-state index contributed by atoms with van der Waals surface area (Å²) in [5, 5.41) is 3.99. The van der Waals surface area contributed by atoms with Crippen LogP contribution in [-0.4, -0.2) is 40.8 Å². The van der Waals surface area contributed by atoms with Crippen LogP contribution in [0.3, 0.4) is 0 Å². The molecule has 1 aromatic heterocycles. The molecule has 3 rings (SSSR count). The van der Waals surface area contributed by atoms with E-state index >= 15 is 0 Å². The van der Waals surface area contributed by atoms with Gasteiger partial charge in [0.15, 0.2) is 0 Å². The van der Waals surface area contributed by atoms with E-state index in [1.165, 1.54) is 0 Å². The van der Waals surface area contributed by atoms with Gasteiger partial charge in [-0.15, -0.1) is 0 Å². The number of nitrogens with zero attached hydrogens (tertiary/aromatic N) is 3. The highest BCUT2D eigenvalue weighted by Gasteiger charge is 2.31. The van der Waals surface area contributed by atoms with Gasteiger partial charge in [0.2, 0.25) is 0 Å². The van der Waals surface area contributed by atoms with Gasteiger partial charge in [-0.05, 0) is 51.7 Å². The quantitative estimate of drug-likeness (QED) is 0.907. The largest absolute Gasteiger partial charge is 0.444 e. The molecule has 1 amide bonds. The fourth-order valence-corrected chi connectivity index (χ4v) is 3.54. The van der Waals surface area contributed by atoms with Gasteiger partial charge in [-0.1, -0.05) is 19.1 Å². The highest BCUT2D eigenvalue weighted by Crippen LogP contribution is 2.31. The standard InChI is InChI=1S/C20H28N4O2/c1-14-8-7-11-24(17(14)12-21-19(25)26-20(2,3)4)18-15-9-5-6-10-16(15)22-13-23-18/h5-6,9-10,13-14,17H,7-8,11-12H2,1-4H3,(H,21,25). The SMILES string of the molecule is CC1CCCN(c2ncnc3ccccc23)C1CNC(=O)OC(C)(C)C. The first-order valence-corrected chi connectivity index (χ1v) is 9.28. The van der Waals surface area contributed by atoms with Gasteiger partial charge in [-0.2, -0.15) is 0 Å². The van der Waals surface area contributed by atoms with Gasteiger partial charge < -0.3 is 15.0 Å². The van der Waals surface area contributed by atoms with Gasteiger partial charge in [0.25, 0.3) is 0 Å². The average molecular weight is 356 g/mol. The number of amides is 1. The Hall–Kier alpha value is -2.37. The summed E-state index contributed by atoms with van der Waals surface area (Å²) in [6.45, 7) is 9.30. The van der Waals surface area contributed by atoms with Gasteiger partial charge in [-0.3, -0.25) is 0 Å². The molecular formula is C20H28N4O2. The van der Waals surface area contributed by atoms with Crippen LogP contribution in [0.4, 0.5) is 10.6 Å². The molecule has 26 heavy (non-hydrogen) atoms. The van der Waals surface area contributed by atoms with E-state index in [1.807, 2.05) is 39.0 Å². The minimum atomic E-state index is -0.495. The minimum Gasteiger partial charge on any atom is -0.444 e. The summed E-state index contributed by atoms with van der Waals surface area (Å²) < 4.78 is 5.38. The molecule has 0 saturated carbocycles. The second-order valence-corrected chi connectivity index (χ2v) is 7.98. The van der Waals surface area contributed by atoms with Crippen molar-refractivity contribution in [2.45, 2.75) is 52.2 Å². The van der Waals surface area contributed by atoms with Crippen molar-refractivity contribution in [3.8, 4) is 0 Å². The van der Waals surface area contributed by atoms with Crippen LogP contribution in [-0.2, 0) is 4.74 Å². The van der Waals surface area contributed by atoms with Crippen molar-refractivity contribution in [2.24, 2.45) is 5.92 Å². The van der Waals surface area contributed by atoms with E-state index in [9.17, 15) is 4.79 Å². The molecule has 2 atom stereocenters. The number of para-hydroxylation sites is 1. The lowest BCUT2D eigenvalue weighted by molar-refractivity contribution is 0.0519. The lowest BCUT2D eigenvalue weighted by Gasteiger charge is -2.41. The molecule has 1 aromatic carbocycles. The highest BCUT2D eigenvalue weighted by atomic mass is 16.6. The lowest BCUT2D eigenvalue weighted by atomic mass is 9.90. The summed E-state index contributed by atoms with van der Waals surface area (Å²) in [4.78, 5) is 23.3. The van der Waals surface area contributed by atoms with Crippen molar-refractivity contribution in [1.29, 1.82) is 0 Å². The third-order valence-electron chi connectivity index (χ3n) is 4.76. The van der Waals surface area contributed by atoms with Crippen LogP contribution in [0.5, 0.6) is 0 Å². The number of benzene rings is 1. The molecule has 2 heterocycles. The average Bonchev–Trinajstić information content (AvgIpc) is 2.58. The number of hydrogen-bond acceptors (Lipinski definition) is 5. The fourth-order valence-electron chi connectivity index (χ4n) is 3.54. The Labute approximate surface area is 155 Å². The van der Waals surface area contributed by atoms with Gasteiger partial charge in [0.1, 0.15) is 17.7 Å². The van der Waals surface area contributed by atoms with Crippen molar-refractivity contribution in [2.75, 3.05) is 18.0 Å². The molecule has 1 aliphatic rings. The Kier molecular flexibility index (Phi) is 5.30. The van der Waals surface area contributed by atoms with Crippen LogP contribution in [0.15, 0.2) is 30.6 Å². The molecule has 140 valence electrons. The zero-order chi connectivity index (χ0) is 18.7. The molecule has 0 aliphatic carbocycles. The molecule has 6 nitrogen and oxygen atoms in total. The Morgan fingerprint density at radius 2 is 2.08 bits per heavy atom. The number of ether oxygens (including phenoxy) is 1. The molecule has 0 bridgehead atoms. The molecule has 0 radical (unpaired) electrons. The predicted molar refractivity (Wildman–Crippen MR) is 103 cm³/mol. The fraction of sp³-hybridized carbons (Fsp3) is 0.550. The van der Waals surface area contributed by atoms with Gasteiger partial charge in [0, 0.05) is 18.5 Å². The number of hydrogen-bond donors (Lipinski definition) is 1. The van der Waals surface area contributed by atoms with Crippen LogP contribution in [0.25, 0.3) is 10.9 Å². The van der Waals surface area contributed by atoms with Gasteiger partial charge in [-0.25, -0.2) is 14.8 Å². The van der Waals surface area contributed by atoms with Crippen LogP contribution < -0.4 is 10.2 Å². The minimum absolute atomic E-state index is 0.176. The summed E-state index contributed by atoms with van der Waals surface area (Å²) in [6.07, 6.45) is 3.50. The Balaban J connectivity index is 1.81. The Bertz CT molecular complexity index is 766. The number of alkyl carbamates (subject to hydrolysis) is 1. The summed E-state index contributed by atoms with van der Waals surface area (Å²) in [5.41, 5.74) is 0.444. The summed E-state index contributed by atoms with van der Waals surface area (Å²) in [6, 6.07) is 8.23. The molecule has 6 heteroatoms. The Morgan fingerprint density at radius 1 is 1.31 bits per heavy atom. The van der Waals surface area contributed by atoms with Crippen molar-refractivity contribution in [1.82, 2.24) is 15.3 Å². The number of nitrogens with one attached hydrogen (secondary N) is 1. The molecule has 0 spiro atoms. The molecular weight excluding hydrogens is 328 g/mol. The summed E-state index contributed by atoms with van der Waals surface area (Å²) >= 11 is 0. The number of carbonyl (C=O) groups excluding carboxylic acids is 1. The van der Waals surface area contributed by atoms with E-state index < -0.39 is 5.60 Å². The van der Waals surface area contributed by atoms with Crippen molar-refractivity contribution >= 4 is 22.8 Å². The number of rotatable bonds is 3. The normalized spacial score (nSPS) is 20.8. The maximum Gasteiger partial charge on any atom is 0.407 e. The zero-order valence-corrected chi connectivity index (χ0v) is 16.0. The molecule has 1 aliphatic heterocycles. The first kappa shape index (κ1) is 18.4. The van der Waals surface area contributed by atoms with Gasteiger partial charge in [0.05, 0.1) is 11.6 Å². The maximum atomic E-state index is 12.1. The number of piperidine rings is 1. The van der Waals surface area contributed by atoms with E-state index in [4.69, 9.17) is 4.74 Å². The lowest BCUT2D eigenvalue weighted by Crippen LogP contribution is -2.51. The van der Waals surface area contributed by atoms with E-state index in [1.54, 1.807) is 6.33 Å². The predicted octanol–water partition coefficient (Wildman–Crippen LogP) is 3.76. The van der Waals surface area contributed by atoms with E-state index in [0.717, 1.165) is 36.1 Å². The number of carbonyl (C=O) groups is 1. The van der Waals surface area contributed by atoms with Crippen LogP contribution in [0.1, 0.15) is 40.5 Å². The zero-order valence-electron chi connectivity index (χ0n) is 16.0. The monoisotopic (exact) mass is 356 g/mol. The highest BCUT2D eigenvalue weighted by molar-refractivity contribution is 5.89. The van der Waals surface area contributed by atoms with Crippen molar-refractivity contribution in [3.05, 3.63) is 30.6 Å². The molecule has 1 saturated heterocycles. The van der Waals surface area contributed by atoms with Gasteiger partial charge >= 0.3 is 6.09 Å². The molecule has 2 aromatic rings. The van der Waals surface area contributed by atoms with Crippen LogP contribution >= 0.6 is 0 Å².